The molecular weight excluding hydrogens is 222 g/mol. The molecule has 3 heteroatoms. The molecule has 0 spiro atoms. The Morgan fingerprint density at radius 1 is 1.19 bits per heavy atom. The van der Waals surface area contributed by atoms with Crippen molar-refractivity contribution >= 4 is 17.9 Å². The van der Waals surface area contributed by atoms with Crippen molar-refractivity contribution in [1.82, 2.24) is 4.98 Å². The predicted molar refractivity (Wildman–Crippen MR) is 64.8 cm³/mol. The number of rotatable bonds is 2. The van der Waals surface area contributed by atoms with E-state index in [1.807, 2.05) is 31.2 Å². The molecule has 1 heterocycles. The Hall–Kier alpha value is -1.67. The van der Waals surface area contributed by atoms with Gasteiger partial charge in [-0.3, -0.25) is 9.78 Å². The van der Waals surface area contributed by atoms with E-state index in [0.29, 0.717) is 10.6 Å². The minimum atomic E-state index is 0.599. The van der Waals surface area contributed by atoms with Crippen molar-refractivity contribution < 1.29 is 4.79 Å². The zero-order valence-electron chi connectivity index (χ0n) is 8.77. The third-order valence-corrected chi connectivity index (χ3v) is 2.68. The van der Waals surface area contributed by atoms with E-state index in [9.17, 15) is 4.79 Å². The topological polar surface area (TPSA) is 30.0 Å². The van der Waals surface area contributed by atoms with Gasteiger partial charge in [-0.1, -0.05) is 23.7 Å². The standard InChI is InChI=1S/C13H10ClNO/c1-9-6-15-7-11(8-16)13(9)10-2-4-12(14)5-3-10/h2-8H,1H3. The number of aryl methyl sites for hydroxylation is 1. The fourth-order valence-electron chi connectivity index (χ4n) is 1.69. The van der Waals surface area contributed by atoms with Crippen molar-refractivity contribution in [2.24, 2.45) is 0 Å². The van der Waals surface area contributed by atoms with Crippen molar-refractivity contribution in [3.05, 3.63) is 52.8 Å². The Morgan fingerprint density at radius 2 is 1.88 bits per heavy atom. The summed E-state index contributed by atoms with van der Waals surface area (Å²) in [5.41, 5.74) is 3.47. The second-order valence-corrected chi connectivity index (χ2v) is 3.98. The maximum absolute atomic E-state index is 11.0. The maximum atomic E-state index is 11.0. The van der Waals surface area contributed by atoms with Crippen LogP contribution in [0.15, 0.2) is 36.7 Å². The first-order valence-electron chi connectivity index (χ1n) is 4.88. The molecule has 0 aliphatic carbocycles. The monoisotopic (exact) mass is 231 g/mol. The van der Waals surface area contributed by atoms with Crippen molar-refractivity contribution in [3.8, 4) is 11.1 Å². The number of benzene rings is 1. The van der Waals surface area contributed by atoms with Gasteiger partial charge in [0.25, 0.3) is 0 Å². The maximum Gasteiger partial charge on any atom is 0.152 e. The second-order valence-electron chi connectivity index (χ2n) is 3.55. The highest BCUT2D eigenvalue weighted by Gasteiger charge is 2.07. The summed E-state index contributed by atoms with van der Waals surface area (Å²) in [6.45, 7) is 1.93. The molecule has 2 aromatic rings. The molecule has 0 unspecified atom stereocenters. The summed E-state index contributed by atoms with van der Waals surface area (Å²) in [4.78, 5) is 15.0. The van der Waals surface area contributed by atoms with Crippen LogP contribution in [0.4, 0.5) is 0 Å². The SMILES string of the molecule is Cc1cncc(C=O)c1-c1ccc(Cl)cc1. The van der Waals surface area contributed by atoms with E-state index >= 15 is 0 Å². The van der Waals surface area contributed by atoms with Gasteiger partial charge in [-0.05, 0) is 35.7 Å². The van der Waals surface area contributed by atoms with Gasteiger partial charge in [-0.2, -0.15) is 0 Å². The van der Waals surface area contributed by atoms with Crippen LogP contribution >= 0.6 is 11.6 Å². The van der Waals surface area contributed by atoms with Gasteiger partial charge in [0, 0.05) is 23.0 Å². The van der Waals surface area contributed by atoms with E-state index in [-0.39, 0.29) is 0 Å². The summed E-state index contributed by atoms with van der Waals surface area (Å²) in [5, 5.41) is 0.683. The molecule has 1 aromatic heterocycles. The molecule has 0 N–H and O–H groups in total. The highest BCUT2D eigenvalue weighted by Crippen LogP contribution is 2.26. The van der Waals surface area contributed by atoms with E-state index in [2.05, 4.69) is 4.98 Å². The Labute approximate surface area is 98.9 Å². The van der Waals surface area contributed by atoms with E-state index < -0.39 is 0 Å². The summed E-state index contributed by atoms with van der Waals surface area (Å²) in [6, 6.07) is 7.42. The van der Waals surface area contributed by atoms with E-state index in [4.69, 9.17) is 11.6 Å². The minimum absolute atomic E-state index is 0.599. The molecule has 1 aromatic carbocycles. The van der Waals surface area contributed by atoms with Crippen LogP contribution in [-0.2, 0) is 0 Å². The Bertz CT molecular complexity index is 520. The third kappa shape index (κ3) is 1.97. The molecule has 80 valence electrons. The van der Waals surface area contributed by atoms with Crippen molar-refractivity contribution in [3.63, 3.8) is 0 Å². The van der Waals surface area contributed by atoms with Gasteiger partial charge in [-0.15, -0.1) is 0 Å². The number of aromatic nitrogens is 1. The molecule has 0 atom stereocenters. The predicted octanol–water partition coefficient (Wildman–Crippen LogP) is 3.52. The average molecular weight is 232 g/mol. The zero-order valence-corrected chi connectivity index (χ0v) is 9.53. The van der Waals surface area contributed by atoms with Crippen LogP contribution in [-0.4, -0.2) is 11.3 Å². The first-order chi connectivity index (χ1) is 7.72. The highest BCUT2D eigenvalue weighted by molar-refractivity contribution is 6.30. The molecule has 0 amide bonds. The lowest BCUT2D eigenvalue weighted by molar-refractivity contribution is 0.112. The quantitative estimate of drug-likeness (QED) is 0.741. The van der Waals surface area contributed by atoms with Gasteiger partial charge in [0.1, 0.15) is 0 Å². The number of nitrogens with zero attached hydrogens (tertiary/aromatic N) is 1. The second kappa shape index (κ2) is 4.45. The number of hydrogen-bond donors (Lipinski definition) is 0. The average Bonchev–Trinajstić information content (AvgIpc) is 2.30. The molecule has 16 heavy (non-hydrogen) atoms. The minimum Gasteiger partial charge on any atom is -0.298 e. The Morgan fingerprint density at radius 3 is 2.50 bits per heavy atom. The number of carbonyl (C=O) groups is 1. The van der Waals surface area contributed by atoms with E-state index in [1.54, 1.807) is 12.4 Å². The van der Waals surface area contributed by atoms with Gasteiger partial charge < -0.3 is 0 Å². The summed E-state index contributed by atoms with van der Waals surface area (Å²) < 4.78 is 0. The lowest BCUT2D eigenvalue weighted by Gasteiger charge is -2.08. The Kier molecular flexibility index (Phi) is 3.02. The molecule has 0 fully saturated rings. The normalized spacial score (nSPS) is 10.1. The largest absolute Gasteiger partial charge is 0.298 e. The van der Waals surface area contributed by atoms with Crippen LogP contribution in [0.3, 0.4) is 0 Å². The summed E-state index contributed by atoms with van der Waals surface area (Å²) in [5.74, 6) is 0. The molecule has 0 aliphatic rings. The van der Waals surface area contributed by atoms with Crippen molar-refractivity contribution in [1.29, 1.82) is 0 Å². The smallest absolute Gasteiger partial charge is 0.152 e. The third-order valence-electron chi connectivity index (χ3n) is 2.42. The molecule has 0 saturated heterocycles. The molecule has 2 rings (SSSR count). The number of carbonyl (C=O) groups excluding carboxylic acids is 1. The van der Waals surface area contributed by atoms with Crippen LogP contribution in [0, 0.1) is 6.92 Å². The van der Waals surface area contributed by atoms with Crippen LogP contribution < -0.4 is 0 Å². The van der Waals surface area contributed by atoms with Crippen LogP contribution in [0.25, 0.3) is 11.1 Å². The van der Waals surface area contributed by atoms with Gasteiger partial charge >= 0.3 is 0 Å². The van der Waals surface area contributed by atoms with E-state index in [1.165, 1.54) is 0 Å². The summed E-state index contributed by atoms with van der Waals surface area (Å²) >= 11 is 5.83. The van der Waals surface area contributed by atoms with Gasteiger partial charge in [0.15, 0.2) is 6.29 Å². The van der Waals surface area contributed by atoms with Crippen LogP contribution in [0.2, 0.25) is 5.02 Å². The Balaban J connectivity index is 2.63. The van der Waals surface area contributed by atoms with Crippen LogP contribution in [0.5, 0.6) is 0 Å². The van der Waals surface area contributed by atoms with Crippen molar-refractivity contribution in [2.75, 3.05) is 0 Å². The lowest BCUT2D eigenvalue weighted by atomic mass is 9.98. The van der Waals surface area contributed by atoms with Crippen LogP contribution in [0.1, 0.15) is 15.9 Å². The van der Waals surface area contributed by atoms with Gasteiger partial charge in [0.2, 0.25) is 0 Å². The summed E-state index contributed by atoms with van der Waals surface area (Å²) in [7, 11) is 0. The fraction of sp³-hybridized carbons (Fsp3) is 0.0769. The molecule has 2 nitrogen and oxygen atoms in total. The number of pyridine rings is 1. The first kappa shape index (κ1) is 10.8. The van der Waals surface area contributed by atoms with Crippen molar-refractivity contribution in [2.45, 2.75) is 6.92 Å². The molecule has 0 bridgehead atoms. The van der Waals surface area contributed by atoms with E-state index in [0.717, 1.165) is 23.0 Å². The molecule has 0 aliphatic heterocycles. The highest BCUT2D eigenvalue weighted by atomic mass is 35.5. The number of hydrogen-bond acceptors (Lipinski definition) is 2. The summed E-state index contributed by atoms with van der Waals surface area (Å²) in [6.07, 6.45) is 4.14. The number of aldehydes is 1. The number of halogens is 1. The van der Waals surface area contributed by atoms with Gasteiger partial charge in [0.05, 0.1) is 0 Å². The molecule has 0 saturated carbocycles. The van der Waals surface area contributed by atoms with Gasteiger partial charge in [-0.25, -0.2) is 0 Å². The lowest BCUT2D eigenvalue weighted by Crippen LogP contribution is -1.92. The molecular formula is C13H10ClNO. The zero-order chi connectivity index (χ0) is 11.5. The fourth-order valence-corrected chi connectivity index (χ4v) is 1.81. The molecule has 0 radical (unpaired) electrons. The first-order valence-corrected chi connectivity index (χ1v) is 5.26.